The van der Waals surface area contributed by atoms with Crippen LogP contribution in [0.1, 0.15) is 18.4 Å². The van der Waals surface area contributed by atoms with Crippen molar-refractivity contribution in [1.82, 2.24) is 4.90 Å². The molecule has 1 aromatic rings. The first-order chi connectivity index (χ1) is 13.5. The molecule has 11 heteroatoms. The third-order valence-electron chi connectivity index (χ3n) is 5.70. The Morgan fingerprint density at radius 3 is 2.31 bits per heavy atom. The van der Waals surface area contributed by atoms with Gasteiger partial charge in [0.05, 0.1) is 11.5 Å². The first-order valence-electron chi connectivity index (χ1n) is 9.40. The van der Waals surface area contributed by atoms with E-state index in [1.54, 1.807) is 6.08 Å². The van der Waals surface area contributed by atoms with Gasteiger partial charge in [0.2, 0.25) is 0 Å². The summed E-state index contributed by atoms with van der Waals surface area (Å²) in [4.78, 5) is 4.20. The maximum absolute atomic E-state index is 11.4. The molecule has 0 amide bonds. The fourth-order valence-electron chi connectivity index (χ4n) is 4.58. The van der Waals surface area contributed by atoms with Crippen LogP contribution in [0.3, 0.4) is 0 Å². The highest BCUT2D eigenvalue weighted by molar-refractivity contribution is 7.86. The third kappa shape index (κ3) is 5.28. The van der Waals surface area contributed by atoms with Gasteiger partial charge in [-0.25, -0.2) is 0 Å². The minimum atomic E-state index is -4.19. The van der Waals surface area contributed by atoms with E-state index in [1.165, 1.54) is 0 Å². The second-order valence-corrected chi connectivity index (χ2v) is 10.8. The largest absolute Gasteiger partial charge is 0.399 e. The normalized spacial score (nSPS) is 24.9. The Hall–Kier alpha value is -1.66. The summed E-state index contributed by atoms with van der Waals surface area (Å²) in [7, 11) is -8.37. The smallest absolute Gasteiger partial charge is 0.264 e. The first kappa shape index (κ1) is 22.0. The van der Waals surface area contributed by atoms with E-state index in [-0.39, 0.29) is 31.0 Å². The number of nitrogens with zero attached hydrogens (tertiary/aromatic N) is 2. The average molecular weight is 446 g/mol. The van der Waals surface area contributed by atoms with Gasteiger partial charge in [-0.3, -0.25) is 14.0 Å². The lowest BCUT2D eigenvalue weighted by atomic mass is 9.85. The number of anilines is 2. The standard InChI is InChI=1S/C18H27N3O6S2/c1-2-7-20-15-10-13-3-4-14(19)11-18(13)21(12-15)17(6-9-29(25,26)27)16(20)5-8-28(22,23)24/h2-4,11,15-17H,1,5-10,12,19H2,(H,22,23,24)(H,25,26,27). The summed E-state index contributed by atoms with van der Waals surface area (Å²) in [5.74, 6) is -0.876. The van der Waals surface area contributed by atoms with Crippen molar-refractivity contribution in [2.45, 2.75) is 37.4 Å². The molecule has 3 unspecified atom stereocenters. The highest BCUT2D eigenvalue weighted by atomic mass is 32.2. The van der Waals surface area contributed by atoms with Gasteiger partial charge in [-0.15, -0.1) is 6.58 Å². The number of piperazine rings is 1. The Balaban J connectivity index is 2.03. The lowest BCUT2D eigenvalue weighted by Crippen LogP contribution is -2.67. The Labute approximate surface area is 171 Å². The van der Waals surface area contributed by atoms with Gasteiger partial charge in [0.25, 0.3) is 20.2 Å². The molecule has 0 aliphatic carbocycles. The van der Waals surface area contributed by atoms with Gasteiger partial charge in [0.1, 0.15) is 0 Å². The topological polar surface area (TPSA) is 141 Å². The second kappa shape index (κ2) is 8.23. The van der Waals surface area contributed by atoms with E-state index >= 15 is 0 Å². The van der Waals surface area contributed by atoms with E-state index in [0.29, 0.717) is 18.8 Å². The van der Waals surface area contributed by atoms with Crippen LogP contribution in [0.4, 0.5) is 11.4 Å². The number of fused-ring (bicyclic) bond motifs is 4. The van der Waals surface area contributed by atoms with E-state index in [9.17, 15) is 25.9 Å². The van der Waals surface area contributed by atoms with Crippen LogP contribution in [0.5, 0.6) is 0 Å². The Kier molecular flexibility index (Phi) is 6.25. The van der Waals surface area contributed by atoms with Gasteiger partial charge in [-0.05, 0) is 37.0 Å². The molecule has 3 rings (SSSR count). The van der Waals surface area contributed by atoms with Gasteiger partial charge < -0.3 is 10.6 Å². The molecular weight excluding hydrogens is 418 g/mol. The summed E-state index contributed by atoms with van der Waals surface area (Å²) in [5, 5.41) is 0. The molecule has 1 fully saturated rings. The first-order valence-corrected chi connectivity index (χ1v) is 12.6. The van der Waals surface area contributed by atoms with Crippen molar-refractivity contribution in [3.05, 3.63) is 36.4 Å². The van der Waals surface area contributed by atoms with E-state index in [0.717, 1.165) is 17.7 Å². The molecule has 162 valence electrons. The zero-order valence-corrected chi connectivity index (χ0v) is 17.6. The van der Waals surface area contributed by atoms with Gasteiger partial charge in [0.15, 0.2) is 0 Å². The van der Waals surface area contributed by atoms with Crippen molar-refractivity contribution < 1.29 is 25.9 Å². The van der Waals surface area contributed by atoms with Crippen molar-refractivity contribution in [3.63, 3.8) is 0 Å². The second-order valence-electron chi connectivity index (χ2n) is 7.67. The molecule has 29 heavy (non-hydrogen) atoms. The minimum absolute atomic E-state index is 0.0810. The van der Waals surface area contributed by atoms with E-state index < -0.39 is 31.7 Å². The molecule has 1 saturated heterocycles. The molecule has 1 aromatic carbocycles. The van der Waals surface area contributed by atoms with E-state index in [1.807, 2.05) is 18.2 Å². The van der Waals surface area contributed by atoms with Gasteiger partial charge in [0, 0.05) is 42.6 Å². The number of hydrogen-bond donors (Lipinski definition) is 3. The SMILES string of the molecule is C=CCN1C2Cc3ccc(N)cc3N(C2)C(CCS(=O)(=O)O)C1CCS(=O)(=O)O. The van der Waals surface area contributed by atoms with E-state index in [4.69, 9.17) is 5.73 Å². The summed E-state index contributed by atoms with van der Waals surface area (Å²) < 4.78 is 64.2. The zero-order valence-electron chi connectivity index (χ0n) is 16.0. The molecule has 0 spiro atoms. The lowest BCUT2D eigenvalue weighted by molar-refractivity contribution is 0.0841. The molecule has 2 heterocycles. The zero-order chi connectivity index (χ0) is 21.4. The molecule has 3 atom stereocenters. The average Bonchev–Trinajstić information content (AvgIpc) is 2.60. The van der Waals surface area contributed by atoms with Crippen molar-refractivity contribution in [3.8, 4) is 0 Å². The highest BCUT2D eigenvalue weighted by Crippen LogP contribution is 2.39. The van der Waals surface area contributed by atoms with Crippen molar-refractivity contribution >= 4 is 31.6 Å². The predicted molar refractivity (Wildman–Crippen MR) is 112 cm³/mol. The van der Waals surface area contributed by atoms with Crippen molar-refractivity contribution in [2.75, 3.05) is 35.2 Å². The quantitative estimate of drug-likeness (QED) is 0.301. The Bertz CT molecular complexity index is 979. The van der Waals surface area contributed by atoms with Crippen LogP contribution >= 0.6 is 0 Å². The molecule has 2 bridgehead atoms. The van der Waals surface area contributed by atoms with Gasteiger partial charge in [-0.1, -0.05) is 12.1 Å². The van der Waals surface area contributed by atoms with Crippen LogP contribution in [0, 0.1) is 0 Å². The fraction of sp³-hybridized carbons (Fsp3) is 0.556. The summed E-state index contributed by atoms with van der Waals surface area (Å²) in [6.45, 7) is 4.92. The molecule has 2 aliphatic rings. The molecule has 0 aromatic heterocycles. The monoisotopic (exact) mass is 445 g/mol. The maximum Gasteiger partial charge on any atom is 0.264 e. The number of rotatable bonds is 8. The van der Waals surface area contributed by atoms with Crippen molar-refractivity contribution in [1.29, 1.82) is 0 Å². The minimum Gasteiger partial charge on any atom is -0.399 e. The molecule has 0 saturated carbocycles. The highest BCUT2D eigenvalue weighted by Gasteiger charge is 2.44. The van der Waals surface area contributed by atoms with Gasteiger partial charge >= 0.3 is 0 Å². The third-order valence-corrected chi connectivity index (χ3v) is 7.21. The molecule has 2 aliphatic heterocycles. The van der Waals surface area contributed by atoms with Gasteiger partial charge in [-0.2, -0.15) is 16.8 Å². The number of nitrogens with two attached hydrogens (primary N) is 1. The summed E-state index contributed by atoms with van der Waals surface area (Å²) in [6.07, 6.45) is 2.72. The van der Waals surface area contributed by atoms with Crippen LogP contribution < -0.4 is 10.6 Å². The number of hydrogen-bond acceptors (Lipinski definition) is 7. The van der Waals surface area contributed by atoms with Crippen LogP contribution in [-0.2, 0) is 26.7 Å². The fourth-order valence-corrected chi connectivity index (χ4v) is 5.66. The predicted octanol–water partition coefficient (Wildman–Crippen LogP) is 0.795. The molecule has 4 N–H and O–H groups in total. The molecular formula is C18H27N3O6S2. The van der Waals surface area contributed by atoms with Crippen LogP contribution in [0.15, 0.2) is 30.9 Å². The number of nitrogen functional groups attached to an aromatic ring is 1. The maximum atomic E-state index is 11.4. The summed E-state index contributed by atoms with van der Waals surface area (Å²) in [5.41, 5.74) is 8.53. The van der Waals surface area contributed by atoms with E-state index in [2.05, 4.69) is 16.4 Å². The van der Waals surface area contributed by atoms with Crippen molar-refractivity contribution in [2.24, 2.45) is 0 Å². The lowest BCUT2D eigenvalue weighted by Gasteiger charge is -2.55. The molecule has 9 nitrogen and oxygen atoms in total. The summed E-state index contributed by atoms with van der Waals surface area (Å²) >= 11 is 0. The Morgan fingerprint density at radius 1 is 1.10 bits per heavy atom. The number of benzene rings is 1. The molecule has 0 radical (unpaired) electrons. The van der Waals surface area contributed by atoms with Crippen LogP contribution in [-0.4, -0.2) is 73.6 Å². The summed E-state index contributed by atoms with van der Waals surface area (Å²) in [6, 6.07) is 4.98. The Morgan fingerprint density at radius 2 is 1.72 bits per heavy atom. The van der Waals surface area contributed by atoms with Crippen LogP contribution in [0.2, 0.25) is 0 Å². The van der Waals surface area contributed by atoms with Crippen LogP contribution in [0.25, 0.3) is 0 Å².